The number of carbonyl (C=O) groups is 2. The van der Waals surface area contributed by atoms with Gasteiger partial charge in [0.1, 0.15) is 34.7 Å². The standard InChI is InChI=1S/C25H26N6O3.C15H21N5O2.C10H7NO2/c1-15-13-30(25(33)20-7-6-16-4-2-3-5-19(16)27-20)14-18(15)22-28-24(32)21-12-26-23(31(21)29-22)17-8-10-34-11-9-17;1-9-6-16-7-11(9)13-18-15(21)12-8-17-14(20(12)19-13)10-2-4-22-5-3-10;12-10(13)9-6-5-7-3-1-2-4-8(7)11-9/h2-7,12,15,17-18H,8-11,13-14H2,1H3,(H,28,29,32);8-11,16H,2-7H2,1H3,(H,18,19,21);1-6H,(H,12,13)/t;9?,11-;/m.1./s1. The van der Waals surface area contributed by atoms with Crippen LogP contribution >= 0.6 is 0 Å². The monoisotopic (exact) mass is 934 g/mol. The van der Waals surface area contributed by atoms with E-state index in [2.05, 4.69) is 49.1 Å². The number of aromatic amines is 2. The molecule has 2 aromatic carbocycles. The lowest BCUT2D eigenvalue weighted by Gasteiger charge is -2.21. The first-order valence-electron chi connectivity index (χ1n) is 23.7. The Hall–Kier alpha value is -7.22. The quantitative estimate of drug-likeness (QED) is 0.166. The van der Waals surface area contributed by atoms with E-state index in [9.17, 15) is 19.2 Å². The summed E-state index contributed by atoms with van der Waals surface area (Å²) in [6, 6.07) is 22.1. The number of nitrogens with zero attached hydrogens (tertiary/aromatic N) is 9. The Bertz CT molecular complexity index is 3280. The van der Waals surface area contributed by atoms with Gasteiger partial charge in [-0.15, -0.1) is 0 Å². The number of carboxylic acid groups (broad SMARTS) is 1. The van der Waals surface area contributed by atoms with Crippen molar-refractivity contribution in [3.63, 3.8) is 0 Å². The molecule has 4 aliphatic rings. The second kappa shape index (κ2) is 19.8. The number of benzene rings is 2. The van der Waals surface area contributed by atoms with Crippen LogP contribution in [0.4, 0.5) is 0 Å². The number of para-hydroxylation sites is 2. The zero-order chi connectivity index (χ0) is 47.6. The van der Waals surface area contributed by atoms with Crippen molar-refractivity contribution in [2.24, 2.45) is 11.8 Å². The molecule has 0 radical (unpaired) electrons. The molecule has 4 aliphatic heterocycles. The Morgan fingerprint density at radius 2 is 1.13 bits per heavy atom. The van der Waals surface area contributed by atoms with E-state index in [1.807, 2.05) is 53.4 Å². The number of rotatable bonds is 6. The van der Waals surface area contributed by atoms with E-state index in [1.165, 1.54) is 6.07 Å². The van der Waals surface area contributed by atoms with Crippen LogP contribution in [0.15, 0.2) is 94.8 Å². The van der Waals surface area contributed by atoms with Gasteiger partial charge in [0.15, 0.2) is 11.0 Å². The number of H-pyrrole nitrogens is 2. The topological polar surface area (TPSA) is 240 Å². The largest absolute Gasteiger partial charge is 0.477 e. The second-order valence-corrected chi connectivity index (χ2v) is 18.4. The molecule has 6 aromatic heterocycles. The molecule has 19 heteroatoms. The molecule has 0 aliphatic carbocycles. The SMILES string of the molecule is CC1CN(C(=O)c2ccc3ccccc3n2)CC1c1nn2c(C3CCOCC3)ncc2c(=O)[nH]1.CC1CNC[C@H]1c1nn2c(C3CCOCC3)ncc2c(=O)[nH]1.O=C(O)c1ccc2ccccc2n1. The van der Waals surface area contributed by atoms with Crippen LogP contribution in [-0.4, -0.2) is 124 Å². The van der Waals surface area contributed by atoms with E-state index in [0.29, 0.717) is 66.2 Å². The van der Waals surface area contributed by atoms with Crippen LogP contribution in [0.3, 0.4) is 0 Å². The molecular formula is C50H54N12O7. The summed E-state index contributed by atoms with van der Waals surface area (Å²) in [4.78, 5) is 74.3. The predicted octanol–water partition coefficient (Wildman–Crippen LogP) is 5.30. The smallest absolute Gasteiger partial charge is 0.354 e. The molecule has 0 saturated carbocycles. The summed E-state index contributed by atoms with van der Waals surface area (Å²) in [6.45, 7) is 10.0. The average molecular weight is 935 g/mol. The van der Waals surface area contributed by atoms with Crippen molar-refractivity contribution in [1.29, 1.82) is 0 Å². The van der Waals surface area contributed by atoms with Gasteiger partial charge in [-0.25, -0.2) is 33.8 Å². The van der Waals surface area contributed by atoms with Gasteiger partial charge < -0.3 is 34.8 Å². The predicted molar refractivity (Wildman–Crippen MR) is 256 cm³/mol. The molecule has 69 heavy (non-hydrogen) atoms. The molecule has 0 bridgehead atoms. The van der Waals surface area contributed by atoms with Crippen LogP contribution < -0.4 is 16.4 Å². The Morgan fingerprint density at radius 1 is 0.623 bits per heavy atom. The molecule has 0 spiro atoms. The molecule has 10 heterocycles. The third-order valence-electron chi connectivity index (χ3n) is 13.8. The highest BCUT2D eigenvalue weighted by Crippen LogP contribution is 2.32. The number of carbonyl (C=O) groups excluding carboxylic acids is 1. The molecule has 8 aromatic rings. The summed E-state index contributed by atoms with van der Waals surface area (Å²) in [5.41, 5.74) is 2.70. The van der Waals surface area contributed by atoms with E-state index in [1.54, 1.807) is 39.6 Å². The number of hydrogen-bond acceptors (Lipinski definition) is 13. The maximum atomic E-state index is 13.3. The number of likely N-dealkylation sites (tertiary alicyclic amines) is 1. The van der Waals surface area contributed by atoms with Crippen LogP contribution in [0.5, 0.6) is 0 Å². The molecule has 12 rings (SSSR count). The minimum atomic E-state index is -0.995. The number of nitrogens with one attached hydrogen (secondary N) is 3. The molecule has 4 atom stereocenters. The van der Waals surface area contributed by atoms with Crippen LogP contribution in [-0.2, 0) is 9.47 Å². The Morgan fingerprint density at radius 3 is 1.65 bits per heavy atom. The Labute approximate surface area is 395 Å². The van der Waals surface area contributed by atoms with E-state index in [-0.39, 0.29) is 46.4 Å². The van der Waals surface area contributed by atoms with Crippen molar-refractivity contribution in [1.82, 2.24) is 59.3 Å². The zero-order valence-electron chi connectivity index (χ0n) is 38.5. The molecule has 1 amide bonds. The third kappa shape index (κ3) is 9.49. The van der Waals surface area contributed by atoms with Crippen molar-refractivity contribution >= 4 is 44.7 Å². The van der Waals surface area contributed by atoms with Crippen molar-refractivity contribution in [3.8, 4) is 0 Å². The van der Waals surface area contributed by atoms with Gasteiger partial charge in [-0.2, -0.15) is 10.2 Å². The molecule has 4 N–H and O–H groups in total. The van der Waals surface area contributed by atoms with Gasteiger partial charge >= 0.3 is 5.97 Å². The first-order valence-corrected chi connectivity index (χ1v) is 23.7. The number of pyridine rings is 2. The number of hydrogen-bond donors (Lipinski definition) is 4. The third-order valence-corrected chi connectivity index (χ3v) is 13.8. The van der Waals surface area contributed by atoms with Gasteiger partial charge in [-0.1, -0.05) is 62.4 Å². The van der Waals surface area contributed by atoms with E-state index in [4.69, 9.17) is 24.8 Å². The zero-order valence-corrected chi connectivity index (χ0v) is 38.5. The van der Waals surface area contributed by atoms with E-state index in [0.717, 1.165) is 85.7 Å². The Balaban J connectivity index is 0.000000134. The number of carboxylic acids is 1. The molecule has 4 fully saturated rings. The van der Waals surface area contributed by atoms with Crippen molar-refractivity contribution in [2.75, 3.05) is 52.6 Å². The van der Waals surface area contributed by atoms with Crippen molar-refractivity contribution in [3.05, 3.63) is 141 Å². The minimum Gasteiger partial charge on any atom is -0.477 e. The van der Waals surface area contributed by atoms with Crippen LogP contribution in [0.1, 0.15) is 107 Å². The lowest BCUT2D eigenvalue weighted by Crippen LogP contribution is -2.30. The fraction of sp³-hybridized carbons (Fsp3) is 0.400. The van der Waals surface area contributed by atoms with Crippen LogP contribution in [0.25, 0.3) is 32.8 Å². The Kier molecular flexibility index (Phi) is 13.1. The van der Waals surface area contributed by atoms with Crippen molar-refractivity contribution in [2.45, 2.75) is 63.2 Å². The normalized spacial score (nSPS) is 21.0. The maximum absolute atomic E-state index is 13.3. The number of ether oxygens (including phenoxy) is 2. The summed E-state index contributed by atoms with van der Waals surface area (Å²) >= 11 is 0. The highest BCUT2D eigenvalue weighted by atomic mass is 16.5. The lowest BCUT2D eigenvalue weighted by molar-refractivity contribution is 0.0690. The summed E-state index contributed by atoms with van der Waals surface area (Å²) in [7, 11) is 0. The fourth-order valence-corrected chi connectivity index (χ4v) is 9.87. The fourth-order valence-electron chi connectivity index (χ4n) is 9.87. The summed E-state index contributed by atoms with van der Waals surface area (Å²) in [5, 5.41) is 23.5. The number of aromatic nitrogens is 10. The van der Waals surface area contributed by atoms with Gasteiger partial charge in [0.25, 0.3) is 17.0 Å². The summed E-state index contributed by atoms with van der Waals surface area (Å²) in [6.07, 6.45) is 6.83. The summed E-state index contributed by atoms with van der Waals surface area (Å²) in [5.74, 6) is 3.28. The van der Waals surface area contributed by atoms with E-state index < -0.39 is 5.97 Å². The van der Waals surface area contributed by atoms with Gasteiger partial charge in [-0.3, -0.25) is 14.4 Å². The molecule has 19 nitrogen and oxygen atoms in total. The van der Waals surface area contributed by atoms with Gasteiger partial charge in [0, 0.05) is 80.5 Å². The van der Waals surface area contributed by atoms with Crippen LogP contribution in [0.2, 0.25) is 0 Å². The van der Waals surface area contributed by atoms with E-state index >= 15 is 0 Å². The molecule has 356 valence electrons. The van der Waals surface area contributed by atoms with Gasteiger partial charge in [0.2, 0.25) is 0 Å². The number of amides is 1. The van der Waals surface area contributed by atoms with Gasteiger partial charge in [0.05, 0.1) is 23.4 Å². The minimum absolute atomic E-state index is 0.0774. The average Bonchev–Trinajstić information content (AvgIpc) is 4.21. The maximum Gasteiger partial charge on any atom is 0.354 e. The molecule has 4 saturated heterocycles. The van der Waals surface area contributed by atoms with Crippen LogP contribution in [0, 0.1) is 11.8 Å². The second-order valence-electron chi connectivity index (χ2n) is 18.4. The van der Waals surface area contributed by atoms with Crippen molar-refractivity contribution < 1.29 is 24.2 Å². The summed E-state index contributed by atoms with van der Waals surface area (Å²) < 4.78 is 14.4. The molecule has 3 unspecified atom stereocenters. The highest BCUT2D eigenvalue weighted by molar-refractivity contribution is 5.95. The lowest BCUT2D eigenvalue weighted by atomic mass is 9.97. The first-order chi connectivity index (χ1) is 33.6. The number of imidazole rings is 2. The molecular weight excluding hydrogens is 881 g/mol. The number of aromatic carboxylic acids is 1. The van der Waals surface area contributed by atoms with Gasteiger partial charge in [-0.05, 0) is 68.3 Å². The first kappa shape index (κ1) is 45.6. The number of fused-ring (bicyclic) bond motifs is 4. The highest BCUT2D eigenvalue weighted by Gasteiger charge is 2.37.